The van der Waals surface area contributed by atoms with E-state index in [4.69, 9.17) is 14.2 Å². The quantitative estimate of drug-likeness (QED) is 0.496. The number of allylic oxidation sites excluding steroid dienone is 1. The van der Waals surface area contributed by atoms with E-state index in [0.717, 1.165) is 18.4 Å². The molecule has 1 amide bonds. The fourth-order valence-corrected chi connectivity index (χ4v) is 4.39. The van der Waals surface area contributed by atoms with Gasteiger partial charge in [0.1, 0.15) is 0 Å². The first-order valence-electron chi connectivity index (χ1n) is 9.65. The van der Waals surface area contributed by atoms with Crippen molar-refractivity contribution in [3.63, 3.8) is 0 Å². The van der Waals surface area contributed by atoms with Crippen molar-refractivity contribution in [3.05, 3.63) is 35.0 Å². The van der Waals surface area contributed by atoms with E-state index in [-0.39, 0.29) is 5.91 Å². The maximum absolute atomic E-state index is 12.8. The van der Waals surface area contributed by atoms with Gasteiger partial charge in [-0.2, -0.15) is 0 Å². The highest BCUT2D eigenvalue weighted by molar-refractivity contribution is 8.14. The van der Waals surface area contributed by atoms with Crippen LogP contribution in [0.3, 0.4) is 0 Å². The molecule has 2 aliphatic rings. The molecular weight excluding hydrogens is 392 g/mol. The summed E-state index contributed by atoms with van der Waals surface area (Å²) in [4.78, 5) is 31.5. The smallest absolute Gasteiger partial charge is 0.338 e. The van der Waals surface area contributed by atoms with Gasteiger partial charge in [0, 0.05) is 12.2 Å². The summed E-state index contributed by atoms with van der Waals surface area (Å²) < 4.78 is 16.3. The number of benzene rings is 1. The van der Waals surface area contributed by atoms with E-state index in [1.807, 2.05) is 18.2 Å². The Morgan fingerprint density at radius 3 is 2.79 bits per heavy atom. The lowest BCUT2D eigenvalue weighted by Crippen LogP contribution is -2.45. The molecule has 0 unspecified atom stereocenters. The van der Waals surface area contributed by atoms with Crippen LogP contribution in [-0.4, -0.2) is 48.5 Å². The van der Waals surface area contributed by atoms with Gasteiger partial charge in [0.05, 0.1) is 38.1 Å². The summed E-state index contributed by atoms with van der Waals surface area (Å²) in [6, 6.07) is 4.88. The number of carbonyl (C=O) groups is 2. The third-order valence-corrected chi connectivity index (χ3v) is 5.83. The van der Waals surface area contributed by atoms with Gasteiger partial charge in [-0.05, 0) is 31.0 Å². The Balaban J connectivity index is 2.06. The zero-order valence-electron chi connectivity index (χ0n) is 17.2. The van der Waals surface area contributed by atoms with E-state index < -0.39 is 12.0 Å². The van der Waals surface area contributed by atoms with Crippen LogP contribution in [0.4, 0.5) is 0 Å². The molecule has 0 aliphatic carbocycles. The molecule has 2 aliphatic heterocycles. The number of unbranched alkanes of at least 4 members (excludes halogenated alkanes) is 1. The molecule has 0 saturated carbocycles. The van der Waals surface area contributed by atoms with Crippen molar-refractivity contribution in [2.24, 2.45) is 4.99 Å². The average Bonchev–Trinajstić information content (AvgIpc) is 2.72. The summed E-state index contributed by atoms with van der Waals surface area (Å²) in [6.45, 7) is 4.46. The molecule has 8 heteroatoms. The van der Waals surface area contributed by atoms with Crippen LogP contribution in [0.15, 0.2) is 34.5 Å². The fourth-order valence-electron chi connectivity index (χ4n) is 3.38. The molecule has 0 spiro atoms. The molecule has 0 aromatic heterocycles. The Bertz CT molecular complexity index is 865. The summed E-state index contributed by atoms with van der Waals surface area (Å²) >= 11 is 1.51. The maximum atomic E-state index is 12.8. The predicted octanol–water partition coefficient (Wildman–Crippen LogP) is 3.70. The molecule has 1 aromatic rings. The molecule has 1 fully saturated rings. The highest BCUT2D eigenvalue weighted by Gasteiger charge is 2.41. The van der Waals surface area contributed by atoms with Crippen LogP contribution < -0.4 is 9.47 Å². The van der Waals surface area contributed by atoms with Crippen LogP contribution in [0, 0.1) is 0 Å². The van der Waals surface area contributed by atoms with Gasteiger partial charge in [0.2, 0.25) is 5.91 Å². The first-order valence-corrected chi connectivity index (χ1v) is 10.6. The van der Waals surface area contributed by atoms with Crippen molar-refractivity contribution in [3.8, 4) is 11.5 Å². The lowest BCUT2D eigenvalue weighted by atomic mass is 9.94. The lowest BCUT2D eigenvalue weighted by molar-refractivity contribution is -0.137. The Hall–Kier alpha value is -2.48. The van der Waals surface area contributed by atoms with E-state index in [0.29, 0.717) is 46.7 Å². The van der Waals surface area contributed by atoms with E-state index in [1.54, 1.807) is 18.9 Å². The molecule has 156 valence electrons. The van der Waals surface area contributed by atoms with Crippen LogP contribution in [0.1, 0.15) is 44.7 Å². The molecule has 29 heavy (non-hydrogen) atoms. The van der Waals surface area contributed by atoms with Gasteiger partial charge in [-0.15, -0.1) is 0 Å². The third-order valence-electron chi connectivity index (χ3n) is 4.87. The van der Waals surface area contributed by atoms with Crippen molar-refractivity contribution >= 4 is 28.8 Å². The van der Waals surface area contributed by atoms with Gasteiger partial charge in [-0.1, -0.05) is 31.2 Å². The largest absolute Gasteiger partial charge is 0.493 e. The van der Waals surface area contributed by atoms with Crippen molar-refractivity contribution in [2.75, 3.05) is 26.6 Å². The topological polar surface area (TPSA) is 77.4 Å². The van der Waals surface area contributed by atoms with E-state index in [9.17, 15) is 9.59 Å². The standard InChI is InChI=1S/C21H26N2O5S/c1-5-6-10-28-15-8-7-14(12-16(15)26-3)19-18(20(25)27-4)13(2)22-21-23(19)17(24)9-11-29-21/h7-8,12,19H,5-6,9-11H2,1-4H3/t19-/m0/s1. The number of thioether (sulfide) groups is 1. The second-order valence-electron chi connectivity index (χ2n) is 6.76. The van der Waals surface area contributed by atoms with Crippen molar-refractivity contribution in [2.45, 2.75) is 39.2 Å². The lowest BCUT2D eigenvalue weighted by Gasteiger charge is -2.38. The highest BCUT2D eigenvalue weighted by atomic mass is 32.2. The third kappa shape index (κ3) is 4.27. The SMILES string of the molecule is CCCCOc1ccc([C@H]2C(C(=O)OC)=C(C)N=C3SCCC(=O)N32)cc1OC. The second-order valence-corrected chi connectivity index (χ2v) is 7.82. The highest BCUT2D eigenvalue weighted by Crippen LogP contribution is 2.42. The molecule has 0 radical (unpaired) electrons. The van der Waals surface area contributed by atoms with Crippen LogP contribution in [0.25, 0.3) is 0 Å². The number of aliphatic imine (C=N–C) groups is 1. The van der Waals surface area contributed by atoms with E-state index in [1.165, 1.54) is 18.9 Å². The number of rotatable bonds is 7. The van der Waals surface area contributed by atoms with Crippen LogP contribution in [-0.2, 0) is 14.3 Å². The minimum absolute atomic E-state index is 0.0661. The first-order chi connectivity index (χ1) is 14.0. The molecule has 1 aromatic carbocycles. The summed E-state index contributed by atoms with van der Waals surface area (Å²) in [5.41, 5.74) is 1.65. The van der Waals surface area contributed by atoms with Gasteiger partial charge in [0.25, 0.3) is 0 Å². The Morgan fingerprint density at radius 2 is 2.10 bits per heavy atom. The molecular formula is C21H26N2O5S. The van der Waals surface area contributed by atoms with Gasteiger partial charge in [-0.3, -0.25) is 9.69 Å². The minimum Gasteiger partial charge on any atom is -0.493 e. The van der Waals surface area contributed by atoms with Crippen LogP contribution >= 0.6 is 11.8 Å². The molecule has 1 atom stereocenters. The Labute approximate surface area is 175 Å². The molecule has 1 saturated heterocycles. The van der Waals surface area contributed by atoms with E-state index >= 15 is 0 Å². The molecule has 0 N–H and O–H groups in total. The zero-order chi connectivity index (χ0) is 21.0. The Kier molecular flexibility index (Phi) is 6.84. The number of carbonyl (C=O) groups excluding carboxylic acids is 2. The van der Waals surface area contributed by atoms with E-state index in [2.05, 4.69) is 11.9 Å². The number of fused-ring (bicyclic) bond motifs is 1. The number of hydrogen-bond donors (Lipinski definition) is 0. The molecule has 3 rings (SSSR count). The normalized spacial score (nSPS) is 18.9. The number of methoxy groups -OCH3 is 2. The van der Waals surface area contributed by atoms with Crippen molar-refractivity contribution in [1.29, 1.82) is 0 Å². The van der Waals surface area contributed by atoms with Gasteiger partial charge >= 0.3 is 5.97 Å². The van der Waals surface area contributed by atoms with Crippen LogP contribution in [0.5, 0.6) is 11.5 Å². The molecule has 2 heterocycles. The summed E-state index contributed by atoms with van der Waals surface area (Å²) in [7, 11) is 2.90. The monoisotopic (exact) mass is 418 g/mol. The minimum atomic E-state index is -0.617. The number of ether oxygens (including phenoxy) is 3. The fraction of sp³-hybridized carbons (Fsp3) is 0.476. The summed E-state index contributed by atoms with van der Waals surface area (Å²) in [5.74, 6) is 1.30. The summed E-state index contributed by atoms with van der Waals surface area (Å²) in [5, 5.41) is 0.610. The number of esters is 1. The Morgan fingerprint density at radius 1 is 1.31 bits per heavy atom. The van der Waals surface area contributed by atoms with Crippen molar-refractivity contribution < 1.29 is 23.8 Å². The first kappa shape index (κ1) is 21.2. The van der Waals surface area contributed by atoms with Crippen LogP contribution in [0.2, 0.25) is 0 Å². The number of hydrogen-bond acceptors (Lipinski definition) is 7. The maximum Gasteiger partial charge on any atom is 0.338 e. The van der Waals surface area contributed by atoms with Gasteiger partial charge in [0.15, 0.2) is 16.7 Å². The average molecular weight is 419 g/mol. The molecule has 7 nitrogen and oxygen atoms in total. The number of amides is 1. The number of amidine groups is 1. The molecule has 0 bridgehead atoms. The summed E-state index contributed by atoms with van der Waals surface area (Å²) in [6.07, 6.45) is 2.37. The second kappa shape index (κ2) is 9.35. The van der Waals surface area contributed by atoms with Gasteiger partial charge < -0.3 is 14.2 Å². The van der Waals surface area contributed by atoms with Crippen molar-refractivity contribution in [1.82, 2.24) is 4.90 Å². The zero-order valence-corrected chi connectivity index (χ0v) is 18.0. The predicted molar refractivity (Wildman–Crippen MR) is 112 cm³/mol. The van der Waals surface area contributed by atoms with Gasteiger partial charge in [-0.25, -0.2) is 9.79 Å². The number of nitrogens with zero attached hydrogens (tertiary/aromatic N) is 2.